The van der Waals surface area contributed by atoms with E-state index in [-0.39, 0.29) is 5.91 Å². The molecule has 0 aliphatic rings. The van der Waals surface area contributed by atoms with Crippen molar-refractivity contribution in [1.82, 2.24) is 10.2 Å². The van der Waals surface area contributed by atoms with E-state index < -0.39 is 0 Å². The molecular formula is C17H17N3O4. The maximum Gasteiger partial charge on any atom is 0.255 e. The molecule has 124 valence electrons. The highest BCUT2D eigenvalue weighted by Crippen LogP contribution is 2.38. The number of carbonyl (C=O) groups is 1. The third-order valence-electron chi connectivity index (χ3n) is 3.62. The summed E-state index contributed by atoms with van der Waals surface area (Å²) in [5.41, 5.74) is 1.97. The number of hydrogen-bond acceptors (Lipinski definition) is 5. The van der Waals surface area contributed by atoms with Crippen molar-refractivity contribution in [2.24, 2.45) is 0 Å². The minimum absolute atomic E-state index is 0.280. The lowest BCUT2D eigenvalue weighted by Crippen LogP contribution is -2.12. The number of hydrogen-bond donors (Lipinski definition) is 2. The molecule has 0 aliphatic carbocycles. The summed E-state index contributed by atoms with van der Waals surface area (Å²) in [6, 6.07) is 8.71. The molecule has 2 aromatic carbocycles. The zero-order chi connectivity index (χ0) is 17.1. The third kappa shape index (κ3) is 2.83. The topological polar surface area (TPSA) is 85.5 Å². The van der Waals surface area contributed by atoms with Gasteiger partial charge in [-0.1, -0.05) is 0 Å². The molecule has 0 saturated carbocycles. The Morgan fingerprint density at radius 2 is 1.75 bits per heavy atom. The number of benzene rings is 2. The van der Waals surface area contributed by atoms with Crippen molar-refractivity contribution < 1.29 is 19.0 Å². The Kier molecular flexibility index (Phi) is 4.24. The van der Waals surface area contributed by atoms with E-state index in [1.54, 1.807) is 24.4 Å². The number of ether oxygens (including phenoxy) is 3. The van der Waals surface area contributed by atoms with E-state index in [1.807, 2.05) is 12.1 Å². The molecule has 3 rings (SSSR count). The van der Waals surface area contributed by atoms with Gasteiger partial charge in [-0.05, 0) is 30.3 Å². The number of nitrogens with one attached hydrogen (secondary N) is 2. The Morgan fingerprint density at radius 1 is 1.04 bits per heavy atom. The van der Waals surface area contributed by atoms with Crippen LogP contribution in [0, 0.1) is 0 Å². The Balaban J connectivity index is 1.91. The van der Waals surface area contributed by atoms with Crippen LogP contribution in [0.2, 0.25) is 0 Å². The predicted octanol–water partition coefficient (Wildman–Crippen LogP) is 2.84. The summed E-state index contributed by atoms with van der Waals surface area (Å²) in [4.78, 5) is 12.5. The fourth-order valence-electron chi connectivity index (χ4n) is 2.44. The number of amides is 1. The van der Waals surface area contributed by atoms with Crippen LogP contribution in [0.5, 0.6) is 17.2 Å². The van der Waals surface area contributed by atoms with Crippen molar-refractivity contribution in [3.63, 3.8) is 0 Å². The van der Waals surface area contributed by atoms with Gasteiger partial charge in [-0.2, -0.15) is 5.10 Å². The second-order valence-corrected chi connectivity index (χ2v) is 5.04. The molecule has 0 bridgehead atoms. The monoisotopic (exact) mass is 327 g/mol. The number of rotatable bonds is 5. The standard InChI is InChI=1S/C17H17N3O4/c1-22-14-7-10(8-15(23-2)16(14)24-3)17(21)19-12-4-5-13-11(6-12)9-18-20-13/h4-9H,1-3H3,(H,18,20)(H,19,21). The van der Waals surface area contributed by atoms with E-state index in [4.69, 9.17) is 14.2 Å². The van der Waals surface area contributed by atoms with E-state index in [2.05, 4.69) is 15.5 Å². The van der Waals surface area contributed by atoms with Gasteiger partial charge in [-0.3, -0.25) is 9.89 Å². The first-order valence-electron chi connectivity index (χ1n) is 7.20. The van der Waals surface area contributed by atoms with Gasteiger partial charge in [0.2, 0.25) is 5.75 Å². The fourth-order valence-corrected chi connectivity index (χ4v) is 2.44. The third-order valence-corrected chi connectivity index (χ3v) is 3.62. The zero-order valence-electron chi connectivity index (χ0n) is 13.5. The number of nitrogens with zero attached hydrogens (tertiary/aromatic N) is 1. The van der Waals surface area contributed by atoms with Gasteiger partial charge in [0.05, 0.1) is 33.0 Å². The maximum absolute atomic E-state index is 12.5. The van der Waals surface area contributed by atoms with Crippen molar-refractivity contribution >= 4 is 22.5 Å². The number of H-pyrrole nitrogens is 1. The van der Waals surface area contributed by atoms with Crippen molar-refractivity contribution in [3.8, 4) is 17.2 Å². The number of fused-ring (bicyclic) bond motifs is 1. The van der Waals surface area contributed by atoms with E-state index in [9.17, 15) is 4.79 Å². The number of methoxy groups -OCH3 is 3. The van der Waals surface area contributed by atoms with Crippen LogP contribution in [0.1, 0.15) is 10.4 Å². The summed E-state index contributed by atoms with van der Waals surface area (Å²) in [6.45, 7) is 0. The molecule has 0 fully saturated rings. The van der Waals surface area contributed by atoms with Crippen molar-refractivity contribution in [2.75, 3.05) is 26.6 Å². The van der Waals surface area contributed by atoms with E-state index >= 15 is 0 Å². The molecule has 2 N–H and O–H groups in total. The minimum atomic E-state index is -0.280. The molecule has 7 nitrogen and oxygen atoms in total. The van der Waals surface area contributed by atoms with Crippen LogP contribution >= 0.6 is 0 Å². The molecule has 0 saturated heterocycles. The molecular weight excluding hydrogens is 310 g/mol. The minimum Gasteiger partial charge on any atom is -0.493 e. The highest BCUT2D eigenvalue weighted by molar-refractivity contribution is 6.05. The van der Waals surface area contributed by atoms with Gasteiger partial charge in [-0.15, -0.1) is 0 Å². The van der Waals surface area contributed by atoms with Gasteiger partial charge in [0.1, 0.15) is 0 Å². The van der Waals surface area contributed by atoms with Gasteiger partial charge >= 0.3 is 0 Å². The average Bonchev–Trinajstić information content (AvgIpc) is 3.07. The van der Waals surface area contributed by atoms with Crippen molar-refractivity contribution in [3.05, 3.63) is 42.1 Å². The quantitative estimate of drug-likeness (QED) is 0.752. The normalized spacial score (nSPS) is 10.5. The van der Waals surface area contributed by atoms with Gasteiger partial charge in [0, 0.05) is 16.6 Å². The van der Waals surface area contributed by atoms with Crippen LogP contribution in [-0.2, 0) is 0 Å². The molecule has 1 heterocycles. The summed E-state index contributed by atoms with van der Waals surface area (Å²) in [5.74, 6) is 1.01. The van der Waals surface area contributed by atoms with Crippen LogP contribution in [0.25, 0.3) is 10.9 Å². The van der Waals surface area contributed by atoms with Crippen LogP contribution in [0.3, 0.4) is 0 Å². The van der Waals surface area contributed by atoms with E-state index in [1.165, 1.54) is 21.3 Å². The molecule has 0 spiro atoms. The second-order valence-electron chi connectivity index (χ2n) is 5.04. The van der Waals surface area contributed by atoms with Gasteiger partial charge in [-0.25, -0.2) is 0 Å². The summed E-state index contributed by atoms with van der Waals surface area (Å²) in [6.07, 6.45) is 1.70. The Labute approximate surface area is 138 Å². The van der Waals surface area contributed by atoms with Crippen molar-refractivity contribution in [1.29, 1.82) is 0 Å². The van der Waals surface area contributed by atoms with Crippen LogP contribution in [0.4, 0.5) is 5.69 Å². The molecule has 0 aliphatic heterocycles. The lowest BCUT2D eigenvalue weighted by molar-refractivity contribution is 0.102. The Hall–Kier alpha value is -3.22. The second kappa shape index (κ2) is 6.49. The van der Waals surface area contributed by atoms with E-state index in [0.29, 0.717) is 28.5 Å². The van der Waals surface area contributed by atoms with Crippen molar-refractivity contribution in [2.45, 2.75) is 0 Å². The average molecular weight is 327 g/mol. The first-order chi connectivity index (χ1) is 11.7. The summed E-state index contributed by atoms with van der Waals surface area (Å²) in [5, 5.41) is 10.6. The molecule has 3 aromatic rings. The lowest BCUT2D eigenvalue weighted by Gasteiger charge is -2.14. The zero-order valence-corrected chi connectivity index (χ0v) is 13.5. The Morgan fingerprint density at radius 3 is 2.38 bits per heavy atom. The number of carbonyl (C=O) groups excluding carboxylic acids is 1. The highest BCUT2D eigenvalue weighted by atomic mass is 16.5. The highest BCUT2D eigenvalue weighted by Gasteiger charge is 2.17. The van der Waals surface area contributed by atoms with Gasteiger partial charge in [0.25, 0.3) is 5.91 Å². The number of aromatic nitrogens is 2. The van der Waals surface area contributed by atoms with Crippen LogP contribution in [-0.4, -0.2) is 37.4 Å². The molecule has 0 radical (unpaired) electrons. The smallest absolute Gasteiger partial charge is 0.255 e. The van der Waals surface area contributed by atoms with Gasteiger partial charge < -0.3 is 19.5 Å². The van der Waals surface area contributed by atoms with Crippen LogP contribution in [0.15, 0.2) is 36.5 Å². The lowest BCUT2D eigenvalue weighted by atomic mass is 10.1. The first-order valence-corrected chi connectivity index (χ1v) is 7.20. The van der Waals surface area contributed by atoms with E-state index in [0.717, 1.165) is 10.9 Å². The molecule has 1 amide bonds. The fraction of sp³-hybridized carbons (Fsp3) is 0.176. The summed E-state index contributed by atoms with van der Waals surface area (Å²) < 4.78 is 15.8. The molecule has 24 heavy (non-hydrogen) atoms. The largest absolute Gasteiger partial charge is 0.493 e. The molecule has 1 aromatic heterocycles. The predicted molar refractivity (Wildman–Crippen MR) is 90.1 cm³/mol. The number of anilines is 1. The molecule has 7 heteroatoms. The van der Waals surface area contributed by atoms with Crippen LogP contribution < -0.4 is 19.5 Å². The summed E-state index contributed by atoms with van der Waals surface area (Å²) >= 11 is 0. The maximum atomic E-state index is 12.5. The number of aromatic amines is 1. The molecule has 0 atom stereocenters. The summed E-state index contributed by atoms with van der Waals surface area (Å²) in [7, 11) is 4.53. The van der Waals surface area contributed by atoms with Gasteiger partial charge in [0.15, 0.2) is 11.5 Å². The molecule has 0 unspecified atom stereocenters. The SMILES string of the molecule is COc1cc(C(=O)Nc2ccc3[nH]ncc3c2)cc(OC)c1OC. The first kappa shape index (κ1) is 15.7. The Bertz CT molecular complexity index is 863.